The lowest BCUT2D eigenvalue weighted by Gasteiger charge is -2.42. The van der Waals surface area contributed by atoms with Crippen LogP contribution in [0, 0.1) is 51.8 Å². The number of hydrogen-bond donors (Lipinski definition) is 0. The van der Waals surface area contributed by atoms with Gasteiger partial charge in [0.1, 0.15) is 0 Å². The molecule has 4 heteroatoms. The van der Waals surface area contributed by atoms with E-state index < -0.39 is 0 Å². The molecule has 0 rings (SSSR count). The third-order valence-electron chi connectivity index (χ3n) is 7.44. The van der Waals surface area contributed by atoms with Gasteiger partial charge in [-0.15, -0.1) is 0 Å². The van der Waals surface area contributed by atoms with Crippen molar-refractivity contribution in [3.05, 3.63) is 0 Å². The van der Waals surface area contributed by atoms with Crippen LogP contribution in [-0.2, 0) is 19.1 Å². The lowest BCUT2D eigenvalue weighted by molar-refractivity contribution is -0.149. The Morgan fingerprint density at radius 3 is 1.40 bits per heavy atom. The molecule has 0 heterocycles. The smallest absolute Gasteiger partial charge is 0.308 e. The van der Waals surface area contributed by atoms with E-state index in [9.17, 15) is 9.59 Å². The van der Waals surface area contributed by atoms with Crippen LogP contribution in [0.15, 0.2) is 0 Å². The molecule has 6 unspecified atom stereocenters. The third-order valence-corrected chi connectivity index (χ3v) is 7.44. The second kappa shape index (κ2) is 14.0. The second-order valence-electron chi connectivity index (χ2n) is 15.0. The SMILES string of the molecule is COC(=O)CCC(C(C)CC(C)(C)C)C(CC(C(=O)OC)C(C)CC(C)(C)C)C(C)CC(C)(C)C. The fourth-order valence-electron chi connectivity index (χ4n) is 6.48. The van der Waals surface area contributed by atoms with Crippen molar-refractivity contribution in [2.45, 2.75) is 122 Å². The molecule has 0 N–H and O–H groups in total. The normalized spacial score (nSPS) is 18.2. The summed E-state index contributed by atoms with van der Waals surface area (Å²) in [5.41, 5.74) is 0.527. The molecule has 0 aromatic heterocycles. The summed E-state index contributed by atoms with van der Waals surface area (Å²) in [5, 5.41) is 0. The highest BCUT2D eigenvalue weighted by atomic mass is 16.5. The number of carbonyl (C=O) groups excluding carboxylic acids is 2. The van der Waals surface area contributed by atoms with E-state index in [1.807, 2.05) is 0 Å². The Morgan fingerprint density at radius 2 is 1.03 bits per heavy atom. The van der Waals surface area contributed by atoms with Crippen molar-refractivity contribution in [2.24, 2.45) is 51.8 Å². The molecule has 6 atom stereocenters. The van der Waals surface area contributed by atoms with Gasteiger partial charge in [-0.3, -0.25) is 9.59 Å². The summed E-state index contributed by atoms with van der Waals surface area (Å²) in [4.78, 5) is 25.3. The molecular formula is C31H60O4. The Labute approximate surface area is 218 Å². The van der Waals surface area contributed by atoms with E-state index >= 15 is 0 Å². The summed E-state index contributed by atoms with van der Waals surface area (Å²) in [6.07, 6.45) is 5.16. The minimum absolute atomic E-state index is 0.0927. The van der Waals surface area contributed by atoms with Gasteiger partial charge < -0.3 is 9.47 Å². The van der Waals surface area contributed by atoms with Crippen LogP contribution >= 0.6 is 0 Å². The number of rotatable bonds is 13. The van der Waals surface area contributed by atoms with Gasteiger partial charge in [0.25, 0.3) is 0 Å². The molecule has 0 amide bonds. The van der Waals surface area contributed by atoms with Crippen LogP contribution in [0.2, 0.25) is 0 Å². The molecule has 0 spiro atoms. The van der Waals surface area contributed by atoms with Crippen LogP contribution in [0.25, 0.3) is 0 Å². The van der Waals surface area contributed by atoms with Gasteiger partial charge in [-0.05, 0) is 77.9 Å². The van der Waals surface area contributed by atoms with Gasteiger partial charge in [-0.25, -0.2) is 0 Å². The highest BCUT2D eigenvalue weighted by molar-refractivity contribution is 5.72. The molecule has 0 aromatic carbocycles. The monoisotopic (exact) mass is 496 g/mol. The molecule has 0 aromatic rings. The minimum atomic E-state index is -0.147. The second-order valence-corrected chi connectivity index (χ2v) is 15.0. The molecule has 0 saturated carbocycles. The van der Waals surface area contributed by atoms with E-state index in [1.165, 1.54) is 14.2 Å². The lowest BCUT2D eigenvalue weighted by atomic mass is 9.63. The average molecular weight is 497 g/mol. The van der Waals surface area contributed by atoms with Gasteiger partial charge in [0, 0.05) is 6.42 Å². The minimum Gasteiger partial charge on any atom is -0.469 e. The molecule has 208 valence electrons. The predicted molar refractivity (Wildman–Crippen MR) is 148 cm³/mol. The van der Waals surface area contributed by atoms with Gasteiger partial charge >= 0.3 is 11.9 Å². The molecule has 35 heavy (non-hydrogen) atoms. The predicted octanol–water partition coefficient (Wildman–Crippen LogP) is 8.57. The largest absolute Gasteiger partial charge is 0.469 e. The molecular weight excluding hydrogens is 436 g/mol. The third kappa shape index (κ3) is 14.3. The van der Waals surface area contributed by atoms with Crippen molar-refractivity contribution in [1.82, 2.24) is 0 Å². The van der Waals surface area contributed by atoms with Gasteiger partial charge in [0.15, 0.2) is 0 Å². The molecule has 0 aliphatic rings. The Hall–Kier alpha value is -1.06. The number of methoxy groups -OCH3 is 2. The van der Waals surface area contributed by atoms with Crippen molar-refractivity contribution in [2.75, 3.05) is 14.2 Å². The van der Waals surface area contributed by atoms with E-state index in [1.54, 1.807) is 0 Å². The fraction of sp³-hybridized carbons (Fsp3) is 0.935. The highest BCUT2D eigenvalue weighted by Crippen LogP contribution is 2.45. The van der Waals surface area contributed by atoms with Gasteiger partial charge in [-0.2, -0.15) is 0 Å². The highest BCUT2D eigenvalue weighted by Gasteiger charge is 2.39. The molecule has 0 bridgehead atoms. The molecule has 0 aliphatic carbocycles. The Bertz CT molecular complexity index is 632. The molecule has 0 aliphatic heterocycles. The maximum Gasteiger partial charge on any atom is 0.308 e. The average Bonchev–Trinajstić information content (AvgIpc) is 2.65. The topological polar surface area (TPSA) is 52.6 Å². The van der Waals surface area contributed by atoms with Crippen LogP contribution in [0.5, 0.6) is 0 Å². The maximum atomic E-state index is 13.1. The van der Waals surface area contributed by atoms with Crippen molar-refractivity contribution >= 4 is 11.9 Å². The molecule has 0 radical (unpaired) electrons. The van der Waals surface area contributed by atoms with Gasteiger partial charge in [0.05, 0.1) is 20.1 Å². The van der Waals surface area contributed by atoms with E-state index in [-0.39, 0.29) is 40.0 Å². The van der Waals surface area contributed by atoms with Gasteiger partial charge in [0.2, 0.25) is 0 Å². The summed E-state index contributed by atoms with van der Waals surface area (Å²) in [7, 11) is 2.99. The quantitative estimate of drug-likeness (QED) is 0.240. The van der Waals surface area contributed by atoms with E-state index in [0.717, 1.165) is 32.1 Å². The lowest BCUT2D eigenvalue weighted by Crippen LogP contribution is -2.36. The molecule has 0 fully saturated rings. The van der Waals surface area contributed by atoms with Crippen molar-refractivity contribution < 1.29 is 19.1 Å². The zero-order valence-corrected chi connectivity index (χ0v) is 25.8. The number of ether oxygens (including phenoxy) is 2. The summed E-state index contributed by atoms with van der Waals surface area (Å²) in [6.45, 7) is 27.4. The van der Waals surface area contributed by atoms with Crippen molar-refractivity contribution in [1.29, 1.82) is 0 Å². The fourth-order valence-corrected chi connectivity index (χ4v) is 6.48. The number of esters is 2. The first-order chi connectivity index (χ1) is 15.7. The number of carbonyl (C=O) groups is 2. The van der Waals surface area contributed by atoms with Crippen LogP contribution in [-0.4, -0.2) is 26.2 Å². The first-order valence-corrected chi connectivity index (χ1v) is 13.9. The van der Waals surface area contributed by atoms with Crippen LogP contribution in [0.3, 0.4) is 0 Å². The zero-order chi connectivity index (χ0) is 27.8. The number of hydrogen-bond acceptors (Lipinski definition) is 4. The molecule has 0 saturated heterocycles. The van der Waals surface area contributed by atoms with Crippen LogP contribution in [0.4, 0.5) is 0 Å². The van der Waals surface area contributed by atoms with Crippen molar-refractivity contribution in [3.63, 3.8) is 0 Å². The molecule has 4 nitrogen and oxygen atoms in total. The summed E-state index contributed by atoms with van der Waals surface area (Å²) in [6, 6.07) is 0. The van der Waals surface area contributed by atoms with E-state index in [0.29, 0.717) is 30.1 Å². The van der Waals surface area contributed by atoms with Crippen molar-refractivity contribution in [3.8, 4) is 0 Å². The Kier molecular flexibility index (Phi) is 13.6. The summed E-state index contributed by atoms with van der Waals surface area (Å²) >= 11 is 0. The first kappa shape index (κ1) is 33.9. The van der Waals surface area contributed by atoms with E-state index in [4.69, 9.17) is 9.47 Å². The Morgan fingerprint density at radius 1 is 0.629 bits per heavy atom. The first-order valence-electron chi connectivity index (χ1n) is 13.9. The van der Waals surface area contributed by atoms with Crippen LogP contribution in [0.1, 0.15) is 122 Å². The van der Waals surface area contributed by atoms with E-state index in [2.05, 4.69) is 83.1 Å². The van der Waals surface area contributed by atoms with Crippen LogP contribution < -0.4 is 0 Å². The maximum absolute atomic E-state index is 13.1. The summed E-state index contributed by atoms with van der Waals surface area (Å²) in [5.74, 6) is 1.36. The summed E-state index contributed by atoms with van der Waals surface area (Å²) < 4.78 is 10.4. The van der Waals surface area contributed by atoms with Gasteiger partial charge in [-0.1, -0.05) is 83.1 Å². The zero-order valence-electron chi connectivity index (χ0n) is 25.8. The standard InChI is InChI=1S/C31H60O4/c1-21(18-29(4,5)6)24(15-16-27(32)34-13)25(22(2)19-30(7,8)9)17-26(28(33)35-14)23(3)20-31(10,11)12/h21-26H,15-20H2,1-14H3. The Balaban J connectivity index is 6.40.